The fourth-order valence-corrected chi connectivity index (χ4v) is 0.879. The fraction of sp³-hybridized carbons (Fsp3) is 0. The van der Waals surface area contributed by atoms with Crippen LogP contribution in [0.5, 0.6) is 0 Å². The highest BCUT2D eigenvalue weighted by Gasteiger charge is 2.01. The zero-order valence-corrected chi connectivity index (χ0v) is 7.14. The molecule has 0 aliphatic carbocycles. The third-order valence-corrected chi connectivity index (χ3v) is 1.53. The first-order valence-corrected chi connectivity index (χ1v) is 3.77. The van der Waals surface area contributed by atoms with E-state index >= 15 is 0 Å². The minimum absolute atomic E-state index is 0.000602. The highest BCUT2D eigenvalue weighted by Crippen LogP contribution is 2.12. The molecule has 14 heavy (non-hydrogen) atoms. The number of nitrogens with zero attached hydrogens (tertiary/aromatic N) is 1. The average Bonchev–Trinajstić information content (AvgIpc) is 2.15. The Morgan fingerprint density at radius 1 is 1.36 bits per heavy atom. The van der Waals surface area contributed by atoms with Gasteiger partial charge in [0.15, 0.2) is 0 Å². The summed E-state index contributed by atoms with van der Waals surface area (Å²) in [4.78, 5) is 20.0. The molecule has 0 spiro atoms. The standard InChI is InChI=1S/C9H7N2O3/c10-9(12)6-3-7-1-4-8(5-2-7)11(13)14/h1-6,10H/b6-3+. The summed E-state index contributed by atoms with van der Waals surface area (Å²) in [6.45, 7) is 0. The van der Waals surface area contributed by atoms with Crippen molar-refractivity contribution in [1.29, 1.82) is 0 Å². The average molecular weight is 191 g/mol. The number of hydrogen-bond donors (Lipinski definition) is 0. The highest BCUT2D eigenvalue weighted by molar-refractivity contribution is 5.89. The number of non-ortho nitro benzene ring substituents is 1. The van der Waals surface area contributed by atoms with E-state index < -0.39 is 10.8 Å². The van der Waals surface area contributed by atoms with Crippen molar-refractivity contribution in [3.05, 3.63) is 46.0 Å². The Balaban J connectivity index is 2.83. The van der Waals surface area contributed by atoms with Gasteiger partial charge < -0.3 is 0 Å². The van der Waals surface area contributed by atoms with Crippen molar-refractivity contribution in [2.75, 3.05) is 0 Å². The van der Waals surface area contributed by atoms with Gasteiger partial charge in [0.2, 0.25) is 0 Å². The number of benzene rings is 1. The Morgan fingerprint density at radius 3 is 2.36 bits per heavy atom. The molecular weight excluding hydrogens is 184 g/mol. The van der Waals surface area contributed by atoms with Crippen molar-refractivity contribution in [2.45, 2.75) is 0 Å². The predicted molar refractivity (Wildman–Crippen MR) is 50.2 cm³/mol. The number of rotatable bonds is 3. The van der Waals surface area contributed by atoms with Gasteiger partial charge in [0, 0.05) is 18.2 Å². The minimum Gasteiger partial charge on any atom is -0.268 e. The van der Waals surface area contributed by atoms with Crippen LogP contribution in [-0.2, 0) is 4.79 Å². The topological polar surface area (TPSA) is 84.0 Å². The van der Waals surface area contributed by atoms with Crippen LogP contribution in [-0.4, -0.2) is 10.8 Å². The summed E-state index contributed by atoms with van der Waals surface area (Å²) in [5.74, 6) is -0.802. The molecule has 1 rings (SSSR count). The second kappa shape index (κ2) is 4.18. The van der Waals surface area contributed by atoms with Gasteiger partial charge in [0.1, 0.15) is 0 Å². The van der Waals surface area contributed by atoms with Crippen LogP contribution in [0.2, 0.25) is 0 Å². The lowest BCUT2D eigenvalue weighted by molar-refractivity contribution is -0.384. The molecule has 0 bridgehead atoms. The van der Waals surface area contributed by atoms with E-state index in [0.717, 1.165) is 6.08 Å². The lowest BCUT2D eigenvalue weighted by atomic mass is 10.2. The van der Waals surface area contributed by atoms with E-state index in [2.05, 4.69) is 0 Å². The Kier molecular flexibility index (Phi) is 2.96. The third kappa shape index (κ3) is 2.71. The molecule has 1 N–H and O–H groups in total. The summed E-state index contributed by atoms with van der Waals surface area (Å²) >= 11 is 0. The van der Waals surface area contributed by atoms with E-state index in [1.807, 2.05) is 0 Å². The lowest BCUT2D eigenvalue weighted by Gasteiger charge is -1.92. The zero-order valence-electron chi connectivity index (χ0n) is 7.14. The van der Waals surface area contributed by atoms with Gasteiger partial charge in [-0.2, -0.15) is 0 Å². The predicted octanol–water partition coefficient (Wildman–Crippen LogP) is 1.42. The molecule has 0 saturated carbocycles. The summed E-state index contributed by atoms with van der Waals surface area (Å²) in [5, 5.41) is 10.3. The highest BCUT2D eigenvalue weighted by atomic mass is 16.6. The van der Waals surface area contributed by atoms with Crippen LogP contribution in [0, 0.1) is 10.1 Å². The molecular formula is C9H7N2O3. The van der Waals surface area contributed by atoms with Gasteiger partial charge in [-0.05, 0) is 23.8 Å². The molecule has 5 heteroatoms. The van der Waals surface area contributed by atoms with Gasteiger partial charge in [-0.25, -0.2) is 0 Å². The van der Waals surface area contributed by atoms with Crippen LogP contribution in [0.15, 0.2) is 30.3 Å². The first-order chi connectivity index (χ1) is 6.59. The van der Waals surface area contributed by atoms with Crippen molar-refractivity contribution < 1.29 is 9.72 Å². The van der Waals surface area contributed by atoms with E-state index in [-0.39, 0.29) is 5.69 Å². The molecule has 0 saturated heterocycles. The van der Waals surface area contributed by atoms with Crippen molar-refractivity contribution >= 4 is 17.7 Å². The first kappa shape index (κ1) is 9.91. The number of carbonyl (C=O) groups is 1. The molecule has 71 valence electrons. The molecule has 1 radical (unpaired) electrons. The molecule has 0 atom stereocenters. The van der Waals surface area contributed by atoms with Crippen LogP contribution in [0.3, 0.4) is 0 Å². The van der Waals surface area contributed by atoms with E-state index in [9.17, 15) is 14.9 Å². The fourth-order valence-electron chi connectivity index (χ4n) is 0.879. The monoisotopic (exact) mass is 191 g/mol. The van der Waals surface area contributed by atoms with E-state index in [1.165, 1.54) is 30.3 Å². The quantitative estimate of drug-likeness (QED) is 0.411. The van der Waals surface area contributed by atoms with E-state index in [4.69, 9.17) is 5.73 Å². The van der Waals surface area contributed by atoms with Gasteiger partial charge in [-0.15, -0.1) is 0 Å². The van der Waals surface area contributed by atoms with Gasteiger partial charge in [0.25, 0.3) is 11.6 Å². The summed E-state index contributed by atoms with van der Waals surface area (Å²) in [5.41, 5.74) is 7.25. The molecule has 0 unspecified atom stereocenters. The number of nitrogens with one attached hydrogen (secondary N) is 1. The minimum atomic E-state index is -0.802. The van der Waals surface area contributed by atoms with Crippen molar-refractivity contribution in [2.24, 2.45) is 0 Å². The van der Waals surface area contributed by atoms with Crippen molar-refractivity contribution in [3.63, 3.8) is 0 Å². The smallest absolute Gasteiger partial charge is 0.268 e. The molecule has 5 nitrogen and oxygen atoms in total. The normalized spacial score (nSPS) is 10.3. The van der Waals surface area contributed by atoms with Crippen LogP contribution in [0.4, 0.5) is 5.69 Å². The number of nitro benzene ring substituents is 1. The second-order valence-corrected chi connectivity index (χ2v) is 2.55. The van der Waals surface area contributed by atoms with Crippen LogP contribution in [0.1, 0.15) is 5.56 Å². The maximum Gasteiger partial charge on any atom is 0.269 e. The van der Waals surface area contributed by atoms with E-state index in [0.29, 0.717) is 5.56 Å². The Bertz CT molecular complexity index is 382. The zero-order chi connectivity index (χ0) is 10.6. The molecule has 0 aromatic heterocycles. The number of nitro groups is 1. The maximum atomic E-state index is 10.3. The molecule has 1 aromatic carbocycles. The van der Waals surface area contributed by atoms with Gasteiger partial charge in [-0.1, -0.05) is 0 Å². The Morgan fingerprint density at radius 2 is 1.93 bits per heavy atom. The Labute approximate surface area is 80.0 Å². The molecule has 1 amide bonds. The molecule has 0 aliphatic rings. The van der Waals surface area contributed by atoms with Crippen LogP contribution >= 0.6 is 0 Å². The van der Waals surface area contributed by atoms with Gasteiger partial charge in [0.05, 0.1) is 4.92 Å². The van der Waals surface area contributed by atoms with Gasteiger partial charge in [-0.3, -0.25) is 20.6 Å². The van der Waals surface area contributed by atoms with Crippen LogP contribution < -0.4 is 5.73 Å². The molecule has 0 aliphatic heterocycles. The van der Waals surface area contributed by atoms with Gasteiger partial charge >= 0.3 is 0 Å². The maximum absolute atomic E-state index is 10.3. The lowest BCUT2D eigenvalue weighted by Crippen LogP contribution is -1.90. The third-order valence-electron chi connectivity index (χ3n) is 1.53. The molecule has 1 aromatic rings. The number of hydrogen-bond acceptors (Lipinski definition) is 3. The number of amides is 1. The summed E-state index contributed by atoms with van der Waals surface area (Å²) in [7, 11) is 0. The summed E-state index contributed by atoms with van der Waals surface area (Å²) in [6.07, 6.45) is 2.51. The SMILES string of the molecule is [NH]C(=O)/C=C/c1ccc([N+](=O)[O-])cc1. The Hall–Kier alpha value is -2.17. The summed E-state index contributed by atoms with van der Waals surface area (Å²) < 4.78 is 0. The molecule has 0 heterocycles. The van der Waals surface area contributed by atoms with Crippen molar-refractivity contribution in [3.8, 4) is 0 Å². The molecule has 0 fully saturated rings. The van der Waals surface area contributed by atoms with Crippen LogP contribution in [0.25, 0.3) is 6.08 Å². The largest absolute Gasteiger partial charge is 0.269 e. The number of carbonyl (C=O) groups excluding carboxylic acids is 1. The van der Waals surface area contributed by atoms with Crippen molar-refractivity contribution in [1.82, 2.24) is 5.73 Å². The summed E-state index contributed by atoms with van der Waals surface area (Å²) in [6, 6.07) is 5.71. The first-order valence-electron chi connectivity index (χ1n) is 3.77. The van der Waals surface area contributed by atoms with E-state index in [1.54, 1.807) is 0 Å². The second-order valence-electron chi connectivity index (χ2n) is 2.55.